The molecule has 3 heterocycles. The average molecular weight is 451 g/mol. The summed E-state index contributed by atoms with van der Waals surface area (Å²) in [5, 5.41) is 4.41. The summed E-state index contributed by atoms with van der Waals surface area (Å²) in [6, 6.07) is 4.00. The Labute approximate surface area is 185 Å². The minimum absolute atomic E-state index is 0.0826. The predicted octanol–water partition coefficient (Wildman–Crippen LogP) is 4.22. The number of aryl methyl sites for hydroxylation is 1. The van der Waals surface area contributed by atoms with Gasteiger partial charge in [-0.05, 0) is 64.8 Å². The van der Waals surface area contributed by atoms with Gasteiger partial charge in [-0.25, -0.2) is 4.68 Å². The second-order valence-corrected chi connectivity index (χ2v) is 8.64. The number of benzene rings is 1. The van der Waals surface area contributed by atoms with Crippen LogP contribution in [0.25, 0.3) is 5.69 Å². The van der Waals surface area contributed by atoms with Gasteiger partial charge in [0.05, 0.1) is 35.3 Å². The lowest BCUT2D eigenvalue weighted by atomic mass is 10.0. The number of rotatable bonds is 4. The molecule has 1 aromatic heterocycles. The van der Waals surface area contributed by atoms with Crippen molar-refractivity contribution in [1.29, 1.82) is 0 Å². The Hall–Kier alpha value is -2.55. The first-order chi connectivity index (χ1) is 15.2. The smallest absolute Gasteiger partial charge is 0.416 e. The zero-order chi connectivity index (χ0) is 23.0. The van der Waals surface area contributed by atoms with E-state index in [1.165, 1.54) is 30.7 Å². The Morgan fingerprint density at radius 3 is 2.31 bits per heavy atom. The molecular formula is C23H29F3N4O2. The highest BCUT2D eigenvalue weighted by Crippen LogP contribution is 2.34. The molecule has 9 heteroatoms. The summed E-state index contributed by atoms with van der Waals surface area (Å²) in [4.78, 5) is 17.7. The van der Waals surface area contributed by atoms with Crippen molar-refractivity contribution in [3.05, 3.63) is 40.7 Å². The van der Waals surface area contributed by atoms with E-state index in [4.69, 9.17) is 4.74 Å². The zero-order valence-electron chi connectivity index (χ0n) is 18.7. The Bertz CT molecular complexity index is 988. The van der Waals surface area contributed by atoms with E-state index in [-0.39, 0.29) is 17.3 Å². The number of alkyl halides is 3. The van der Waals surface area contributed by atoms with E-state index < -0.39 is 11.7 Å². The molecule has 1 amide bonds. The molecule has 0 bridgehead atoms. The van der Waals surface area contributed by atoms with Gasteiger partial charge in [0, 0.05) is 25.2 Å². The van der Waals surface area contributed by atoms with Gasteiger partial charge < -0.3 is 14.5 Å². The van der Waals surface area contributed by atoms with E-state index >= 15 is 0 Å². The number of aromatic nitrogens is 2. The molecule has 0 aliphatic carbocycles. The summed E-state index contributed by atoms with van der Waals surface area (Å²) < 4.78 is 46.5. The number of nitrogens with zero attached hydrogens (tertiary/aromatic N) is 4. The third-order valence-electron chi connectivity index (χ3n) is 6.61. The Kier molecular flexibility index (Phi) is 6.20. The molecule has 2 aliphatic rings. The molecule has 0 N–H and O–H groups in total. The van der Waals surface area contributed by atoms with Crippen molar-refractivity contribution in [1.82, 2.24) is 19.6 Å². The van der Waals surface area contributed by atoms with Crippen LogP contribution in [0.3, 0.4) is 0 Å². The van der Waals surface area contributed by atoms with E-state index in [1.54, 1.807) is 13.8 Å². The van der Waals surface area contributed by atoms with Crippen LogP contribution in [0.5, 0.6) is 5.75 Å². The monoisotopic (exact) mass is 450 g/mol. The maximum absolute atomic E-state index is 13.4. The molecule has 2 aliphatic heterocycles. The number of carbonyl (C=O) groups is 1. The summed E-state index contributed by atoms with van der Waals surface area (Å²) in [6.45, 7) is 7.09. The summed E-state index contributed by atoms with van der Waals surface area (Å²) in [6.07, 6.45) is -0.128. The van der Waals surface area contributed by atoms with Gasteiger partial charge in [0.15, 0.2) is 0 Å². The number of hydrogen-bond donors (Lipinski definition) is 0. The minimum Gasteiger partial charge on any atom is -0.497 e. The maximum Gasteiger partial charge on any atom is 0.416 e. The summed E-state index contributed by atoms with van der Waals surface area (Å²) in [7, 11) is 1.32. The van der Waals surface area contributed by atoms with E-state index in [1.807, 2.05) is 4.90 Å². The normalized spacial score (nSPS) is 18.4. The first kappa shape index (κ1) is 22.6. The molecule has 32 heavy (non-hydrogen) atoms. The molecule has 2 aromatic rings. The van der Waals surface area contributed by atoms with Crippen molar-refractivity contribution >= 4 is 5.91 Å². The van der Waals surface area contributed by atoms with Crippen LogP contribution < -0.4 is 4.74 Å². The second kappa shape index (κ2) is 8.77. The maximum atomic E-state index is 13.4. The molecule has 0 spiro atoms. The SMILES string of the molecule is COc1cc(-n2nc(C)c(C(=O)N3CCC(N4CCCC4)CC3)c2C)cc(C(F)(F)F)c1. The van der Waals surface area contributed by atoms with Crippen LogP contribution in [0.15, 0.2) is 18.2 Å². The van der Waals surface area contributed by atoms with E-state index in [0.29, 0.717) is 36.1 Å². The lowest BCUT2D eigenvalue weighted by Gasteiger charge is -2.36. The van der Waals surface area contributed by atoms with Gasteiger partial charge in [-0.1, -0.05) is 0 Å². The van der Waals surface area contributed by atoms with Gasteiger partial charge in [-0.3, -0.25) is 4.79 Å². The van der Waals surface area contributed by atoms with Crippen molar-refractivity contribution in [2.45, 2.75) is 51.7 Å². The van der Waals surface area contributed by atoms with Crippen molar-refractivity contribution in [3.63, 3.8) is 0 Å². The van der Waals surface area contributed by atoms with Crippen LogP contribution >= 0.6 is 0 Å². The molecule has 2 saturated heterocycles. The highest BCUT2D eigenvalue weighted by molar-refractivity contribution is 5.96. The van der Waals surface area contributed by atoms with E-state index in [2.05, 4.69) is 10.00 Å². The van der Waals surface area contributed by atoms with Crippen molar-refractivity contribution in [3.8, 4) is 11.4 Å². The first-order valence-electron chi connectivity index (χ1n) is 11.0. The standard InChI is InChI=1S/C23H29F3N4O2/c1-15-21(22(31)29-10-6-18(7-11-29)28-8-4-5-9-28)16(2)30(27-15)19-12-17(23(24,25)26)13-20(14-19)32-3/h12-14,18H,4-11H2,1-3H3. The number of carbonyl (C=O) groups excluding carboxylic acids is 1. The fraction of sp³-hybridized carbons (Fsp3) is 0.565. The number of methoxy groups -OCH3 is 1. The Balaban J connectivity index is 1.58. The van der Waals surface area contributed by atoms with E-state index in [9.17, 15) is 18.0 Å². The number of halogens is 3. The fourth-order valence-electron chi connectivity index (χ4n) is 4.89. The van der Waals surface area contributed by atoms with Gasteiger partial charge in [-0.15, -0.1) is 0 Å². The fourth-order valence-corrected chi connectivity index (χ4v) is 4.89. The van der Waals surface area contributed by atoms with Crippen LogP contribution in [0.1, 0.15) is 53.0 Å². The topological polar surface area (TPSA) is 50.6 Å². The minimum atomic E-state index is -4.52. The van der Waals surface area contributed by atoms with E-state index in [0.717, 1.165) is 38.1 Å². The van der Waals surface area contributed by atoms with Crippen LogP contribution in [-0.4, -0.2) is 64.8 Å². The Morgan fingerprint density at radius 2 is 1.72 bits per heavy atom. The number of amides is 1. The largest absolute Gasteiger partial charge is 0.497 e. The lowest BCUT2D eigenvalue weighted by Crippen LogP contribution is -2.46. The quantitative estimate of drug-likeness (QED) is 0.700. The lowest BCUT2D eigenvalue weighted by molar-refractivity contribution is -0.137. The highest BCUT2D eigenvalue weighted by atomic mass is 19.4. The molecule has 0 atom stereocenters. The van der Waals surface area contributed by atoms with Crippen molar-refractivity contribution in [2.24, 2.45) is 0 Å². The number of piperidine rings is 1. The number of hydrogen-bond acceptors (Lipinski definition) is 4. The molecule has 1 aromatic carbocycles. The summed E-state index contributed by atoms with van der Waals surface area (Å²) in [5.41, 5.74) is 0.877. The first-order valence-corrected chi connectivity index (χ1v) is 11.0. The molecule has 2 fully saturated rings. The molecule has 0 unspecified atom stereocenters. The van der Waals surface area contributed by atoms with Gasteiger partial charge in [0.25, 0.3) is 5.91 Å². The van der Waals surface area contributed by atoms with Crippen LogP contribution in [0.4, 0.5) is 13.2 Å². The van der Waals surface area contributed by atoms with Gasteiger partial charge >= 0.3 is 6.18 Å². The Morgan fingerprint density at radius 1 is 1.06 bits per heavy atom. The van der Waals surface area contributed by atoms with Gasteiger partial charge in [0.1, 0.15) is 5.75 Å². The van der Waals surface area contributed by atoms with Crippen molar-refractivity contribution < 1.29 is 22.7 Å². The summed E-state index contributed by atoms with van der Waals surface area (Å²) >= 11 is 0. The molecular weight excluding hydrogens is 421 g/mol. The summed E-state index contributed by atoms with van der Waals surface area (Å²) in [5.74, 6) is -0.0238. The third-order valence-corrected chi connectivity index (χ3v) is 6.61. The van der Waals surface area contributed by atoms with Crippen LogP contribution in [0.2, 0.25) is 0 Å². The third kappa shape index (κ3) is 4.35. The predicted molar refractivity (Wildman–Crippen MR) is 114 cm³/mol. The zero-order valence-corrected chi connectivity index (χ0v) is 18.7. The van der Waals surface area contributed by atoms with Crippen LogP contribution in [0, 0.1) is 13.8 Å². The van der Waals surface area contributed by atoms with Gasteiger partial charge in [-0.2, -0.15) is 18.3 Å². The molecule has 4 rings (SSSR count). The van der Waals surface area contributed by atoms with Crippen LogP contribution in [-0.2, 0) is 6.18 Å². The highest BCUT2D eigenvalue weighted by Gasteiger charge is 2.33. The average Bonchev–Trinajstić information content (AvgIpc) is 3.40. The molecule has 6 nitrogen and oxygen atoms in total. The molecule has 0 radical (unpaired) electrons. The van der Waals surface area contributed by atoms with Crippen molar-refractivity contribution in [2.75, 3.05) is 33.3 Å². The molecule has 0 saturated carbocycles. The number of ether oxygens (including phenoxy) is 1. The van der Waals surface area contributed by atoms with Gasteiger partial charge in [0.2, 0.25) is 0 Å². The number of likely N-dealkylation sites (tertiary alicyclic amines) is 2. The second-order valence-electron chi connectivity index (χ2n) is 8.64. The molecule has 174 valence electrons.